The van der Waals surface area contributed by atoms with E-state index in [1.807, 2.05) is 0 Å². The summed E-state index contributed by atoms with van der Waals surface area (Å²) >= 11 is 0. The molecular formula is C58H95O11P. The number of allylic oxidation sites excluding steroid dienone is 18. The Morgan fingerprint density at radius 2 is 0.743 bits per heavy atom. The lowest BCUT2D eigenvalue weighted by Crippen LogP contribution is -2.30. The fourth-order valence-corrected chi connectivity index (χ4v) is 7.39. The number of phosphoric acid groups is 1. The molecule has 398 valence electrons. The van der Waals surface area contributed by atoms with E-state index in [0.29, 0.717) is 19.3 Å². The van der Waals surface area contributed by atoms with E-state index < -0.39 is 57.8 Å². The number of carbonyl (C=O) groups excluding carboxylic acids is 3. The zero-order chi connectivity index (χ0) is 51.3. The second kappa shape index (κ2) is 51.5. The topological polar surface area (TPSA) is 155 Å². The third-order valence-corrected chi connectivity index (χ3v) is 11.6. The van der Waals surface area contributed by atoms with Crippen molar-refractivity contribution in [3.05, 3.63) is 109 Å². The molecule has 0 radical (unpaired) electrons. The van der Waals surface area contributed by atoms with Crippen molar-refractivity contribution < 1.29 is 52.2 Å². The zero-order valence-electron chi connectivity index (χ0n) is 43.7. The fourth-order valence-electron chi connectivity index (χ4n) is 6.61. The first-order valence-electron chi connectivity index (χ1n) is 26.8. The van der Waals surface area contributed by atoms with Gasteiger partial charge in [0.15, 0.2) is 6.10 Å². The summed E-state index contributed by atoms with van der Waals surface area (Å²) in [6, 6.07) is 0. The zero-order valence-corrected chi connectivity index (χ0v) is 44.6. The van der Waals surface area contributed by atoms with Gasteiger partial charge < -0.3 is 24.2 Å². The van der Waals surface area contributed by atoms with Crippen LogP contribution in [0.5, 0.6) is 0 Å². The van der Waals surface area contributed by atoms with E-state index in [1.54, 1.807) is 0 Å². The highest BCUT2D eigenvalue weighted by Gasteiger charge is 2.28. The summed E-state index contributed by atoms with van der Waals surface area (Å²) < 4.78 is 39.3. The van der Waals surface area contributed by atoms with E-state index in [1.165, 1.54) is 12.8 Å². The van der Waals surface area contributed by atoms with Crippen molar-refractivity contribution in [2.24, 2.45) is 0 Å². The molecule has 12 heteroatoms. The molecule has 0 amide bonds. The summed E-state index contributed by atoms with van der Waals surface area (Å²) in [6.45, 7) is 4.26. The average Bonchev–Trinajstić information content (AvgIpc) is 3.35. The predicted octanol–water partition coefficient (Wildman–Crippen LogP) is 15.5. The molecule has 0 rings (SSSR count). The minimum Gasteiger partial charge on any atom is -0.462 e. The van der Waals surface area contributed by atoms with Crippen molar-refractivity contribution in [1.82, 2.24) is 0 Å². The number of aliphatic hydroxyl groups is 1. The third-order valence-electron chi connectivity index (χ3n) is 10.7. The second-order valence-electron chi connectivity index (χ2n) is 17.3. The molecular weight excluding hydrogens is 904 g/mol. The van der Waals surface area contributed by atoms with Crippen LogP contribution >= 0.6 is 7.82 Å². The first kappa shape index (κ1) is 66.1. The molecule has 3 unspecified atom stereocenters. The number of carbonyl (C=O) groups is 3. The van der Waals surface area contributed by atoms with E-state index in [9.17, 15) is 28.9 Å². The molecule has 2 N–H and O–H groups in total. The number of phosphoric ester groups is 1. The molecule has 70 heavy (non-hydrogen) atoms. The summed E-state index contributed by atoms with van der Waals surface area (Å²) in [5, 5.41) is 9.77. The molecule has 11 nitrogen and oxygen atoms in total. The summed E-state index contributed by atoms with van der Waals surface area (Å²) in [6.07, 6.45) is 60.6. The number of unbranched alkanes of at least 4 members (excludes halogenated alkanes) is 13. The molecule has 0 fully saturated rings. The van der Waals surface area contributed by atoms with Gasteiger partial charge in [0.05, 0.1) is 19.8 Å². The molecule has 0 aliphatic rings. The molecule has 0 aliphatic carbocycles. The minimum absolute atomic E-state index is 0.119. The van der Waals surface area contributed by atoms with E-state index in [4.69, 9.17) is 23.3 Å². The normalized spacial score (nSPS) is 14.3. The summed E-state index contributed by atoms with van der Waals surface area (Å²) in [7, 11) is -4.77. The van der Waals surface area contributed by atoms with E-state index in [0.717, 1.165) is 128 Å². The van der Waals surface area contributed by atoms with E-state index in [-0.39, 0.29) is 25.9 Å². The van der Waals surface area contributed by atoms with Gasteiger partial charge in [0.25, 0.3) is 0 Å². The van der Waals surface area contributed by atoms with Crippen molar-refractivity contribution >= 4 is 25.7 Å². The highest BCUT2D eigenvalue weighted by atomic mass is 31.2. The van der Waals surface area contributed by atoms with E-state index in [2.05, 4.69) is 130 Å². The van der Waals surface area contributed by atoms with Crippen molar-refractivity contribution in [2.45, 2.75) is 213 Å². The smallest absolute Gasteiger partial charge is 0.462 e. The number of ether oxygens (including phenoxy) is 3. The fraction of sp³-hybridized carbons (Fsp3) is 0.638. The van der Waals surface area contributed by atoms with Crippen molar-refractivity contribution in [3.63, 3.8) is 0 Å². The van der Waals surface area contributed by atoms with Crippen LogP contribution in [0.4, 0.5) is 0 Å². The Bertz CT molecular complexity index is 1590. The lowest BCUT2D eigenvalue weighted by molar-refractivity contribution is -0.161. The van der Waals surface area contributed by atoms with Crippen LogP contribution in [0.3, 0.4) is 0 Å². The van der Waals surface area contributed by atoms with Gasteiger partial charge >= 0.3 is 25.7 Å². The SMILES string of the molecule is CC/C=C\C/C=C\C/C=C\C/C=C\C/C=C\CCCCCC(=O)OC(COC(=O)CCCCCCC/C=C\CCCC)COP(=O)(O)OCC(CO)OC(=O)CCCCC/C=C\C/C=C\C/C=C\CC. The molecule has 3 atom stereocenters. The molecule has 0 aliphatic heterocycles. The lowest BCUT2D eigenvalue weighted by atomic mass is 10.1. The summed E-state index contributed by atoms with van der Waals surface area (Å²) in [4.78, 5) is 48.3. The first-order chi connectivity index (χ1) is 34.2. The van der Waals surface area contributed by atoms with Crippen molar-refractivity contribution in [3.8, 4) is 0 Å². The van der Waals surface area contributed by atoms with Crippen LogP contribution in [0.1, 0.15) is 201 Å². The first-order valence-corrected chi connectivity index (χ1v) is 28.3. The van der Waals surface area contributed by atoms with Crippen LogP contribution in [0, 0.1) is 0 Å². The van der Waals surface area contributed by atoms with Gasteiger partial charge in [-0.2, -0.15) is 0 Å². The lowest BCUT2D eigenvalue weighted by Gasteiger charge is -2.21. The Balaban J connectivity index is 4.83. The van der Waals surface area contributed by atoms with Crippen LogP contribution in [0.25, 0.3) is 0 Å². The molecule has 0 saturated heterocycles. The van der Waals surface area contributed by atoms with Crippen molar-refractivity contribution in [2.75, 3.05) is 26.4 Å². The van der Waals surface area contributed by atoms with E-state index >= 15 is 0 Å². The minimum atomic E-state index is -4.77. The second-order valence-corrected chi connectivity index (χ2v) is 18.7. The number of aliphatic hydroxyl groups excluding tert-OH is 1. The number of hydrogen-bond donors (Lipinski definition) is 2. The van der Waals surface area contributed by atoms with Crippen LogP contribution in [-0.4, -0.2) is 66.5 Å². The maximum Gasteiger partial charge on any atom is 0.472 e. The Labute approximate surface area is 425 Å². The third kappa shape index (κ3) is 49.1. The molecule has 0 saturated carbocycles. The monoisotopic (exact) mass is 999 g/mol. The molecule has 0 heterocycles. The molecule has 0 spiro atoms. The van der Waals surface area contributed by atoms with Gasteiger partial charge in [0, 0.05) is 19.3 Å². The summed E-state index contributed by atoms with van der Waals surface area (Å²) in [5.41, 5.74) is 0. The van der Waals surface area contributed by atoms with Gasteiger partial charge in [-0.25, -0.2) is 4.57 Å². The quantitative estimate of drug-likeness (QED) is 0.0197. The Morgan fingerprint density at radius 1 is 0.414 bits per heavy atom. The Hall–Kier alpha value is -3.86. The highest BCUT2D eigenvalue weighted by Crippen LogP contribution is 2.43. The van der Waals surface area contributed by atoms with Crippen molar-refractivity contribution in [1.29, 1.82) is 0 Å². The summed E-state index contributed by atoms with van der Waals surface area (Å²) in [5.74, 6) is -1.56. The van der Waals surface area contributed by atoms with Crippen LogP contribution in [-0.2, 0) is 42.2 Å². The molecule has 0 aromatic rings. The van der Waals surface area contributed by atoms with Gasteiger partial charge in [0.1, 0.15) is 12.7 Å². The van der Waals surface area contributed by atoms with Crippen LogP contribution < -0.4 is 0 Å². The highest BCUT2D eigenvalue weighted by molar-refractivity contribution is 7.47. The standard InChI is InChI=1S/C58H95O11P/c1-4-7-10-13-16-19-22-24-25-26-27-28-29-31-34-37-40-43-46-49-58(62)69-55(51-65-56(60)47-44-41-38-35-32-21-18-15-12-9-6-3)53-67-70(63,64)66-52-54(50-59)68-57(61)48-45-42-39-36-33-30-23-20-17-14-11-8-5-2/h7-8,10-11,15-20,24-25,27-28,30-31,33-34,54-55,59H,4-6,9,12-14,21-23,26,29,32,35-53H2,1-3H3,(H,63,64)/b10-7-,11-8-,18-15-,19-16-,20-17-,25-24-,28-27-,33-30-,34-31-. The van der Waals surface area contributed by atoms with Gasteiger partial charge in [-0.1, -0.05) is 175 Å². The van der Waals surface area contributed by atoms with Crippen LogP contribution in [0.15, 0.2) is 109 Å². The average molecular weight is 999 g/mol. The number of hydrogen-bond acceptors (Lipinski definition) is 10. The predicted molar refractivity (Wildman–Crippen MR) is 288 cm³/mol. The molecule has 0 aromatic heterocycles. The maximum atomic E-state index is 12.9. The Kier molecular flexibility index (Phi) is 48.7. The van der Waals surface area contributed by atoms with Gasteiger partial charge in [-0.05, 0) is 116 Å². The van der Waals surface area contributed by atoms with Crippen LogP contribution in [0.2, 0.25) is 0 Å². The number of rotatable bonds is 48. The molecule has 0 bridgehead atoms. The Morgan fingerprint density at radius 3 is 1.17 bits per heavy atom. The largest absolute Gasteiger partial charge is 0.472 e. The number of esters is 3. The maximum absolute atomic E-state index is 12.9. The molecule has 0 aromatic carbocycles. The van der Waals surface area contributed by atoms with Gasteiger partial charge in [-0.15, -0.1) is 0 Å². The van der Waals surface area contributed by atoms with Gasteiger partial charge in [0.2, 0.25) is 0 Å². The van der Waals surface area contributed by atoms with Gasteiger partial charge in [-0.3, -0.25) is 23.4 Å².